The number of likely N-dealkylation sites (N-methyl/N-ethyl adjacent to an activating group) is 1. The van der Waals surface area contributed by atoms with E-state index >= 15 is 0 Å². The Morgan fingerprint density at radius 2 is 2.04 bits per heavy atom. The third kappa shape index (κ3) is 4.46. The van der Waals surface area contributed by atoms with Crippen LogP contribution in [0.1, 0.15) is 48.8 Å². The van der Waals surface area contributed by atoms with Gasteiger partial charge < -0.3 is 10.2 Å². The predicted octanol–water partition coefficient (Wildman–Crippen LogP) is 2.64. The average Bonchev–Trinajstić information content (AvgIpc) is 2.95. The molecule has 7 heteroatoms. The summed E-state index contributed by atoms with van der Waals surface area (Å²) in [6.07, 6.45) is 3.56. The standard InChI is InChI=1S/C18H28N4O2S/c1-5-8-10-22-12-20-17-14(18(22)24)13(4)15(25-17)16(23)19-9-11-21(6-2)7-3/h12H,5-11H2,1-4H3,(H,19,23). The summed E-state index contributed by atoms with van der Waals surface area (Å²) in [7, 11) is 0. The van der Waals surface area contributed by atoms with Crippen molar-refractivity contribution in [2.45, 2.75) is 47.1 Å². The van der Waals surface area contributed by atoms with E-state index in [0.29, 0.717) is 28.2 Å². The lowest BCUT2D eigenvalue weighted by Gasteiger charge is -2.17. The zero-order chi connectivity index (χ0) is 18.4. The van der Waals surface area contributed by atoms with Crippen LogP contribution in [0.4, 0.5) is 0 Å². The number of aryl methyl sites for hydroxylation is 2. The molecule has 0 atom stereocenters. The Balaban J connectivity index is 2.19. The van der Waals surface area contributed by atoms with Crippen molar-refractivity contribution in [1.82, 2.24) is 19.8 Å². The van der Waals surface area contributed by atoms with Gasteiger partial charge in [-0.3, -0.25) is 14.2 Å². The van der Waals surface area contributed by atoms with Gasteiger partial charge in [0.1, 0.15) is 4.83 Å². The van der Waals surface area contributed by atoms with E-state index in [0.717, 1.165) is 38.0 Å². The van der Waals surface area contributed by atoms with E-state index in [1.165, 1.54) is 11.3 Å². The van der Waals surface area contributed by atoms with Crippen LogP contribution < -0.4 is 10.9 Å². The van der Waals surface area contributed by atoms with Gasteiger partial charge in [0.2, 0.25) is 0 Å². The molecule has 0 aliphatic carbocycles. The first-order valence-electron chi connectivity index (χ1n) is 9.02. The van der Waals surface area contributed by atoms with Crippen molar-refractivity contribution in [3.05, 3.63) is 27.1 Å². The molecule has 2 heterocycles. The molecule has 2 aromatic rings. The van der Waals surface area contributed by atoms with Gasteiger partial charge in [-0.2, -0.15) is 0 Å². The summed E-state index contributed by atoms with van der Waals surface area (Å²) in [5.74, 6) is -0.118. The highest BCUT2D eigenvalue weighted by atomic mass is 32.1. The summed E-state index contributed by atoms with van der Waals surface area (Å²) >= 11 is 1.30. The molecular formula is C18H28N4O2S. The van der Waals surface area contributed by atoms with Crippen molar-refractivity contribution in [3.8, 4) is 0 Å². The number of nitrogens with zero attached hydrogens (tertiary/aromatic N) is 3. The number of fused-ring (bicyclic) bond motifs is 1. The number of nitrogens with one attached hydrogen (secondary N) is 1. The number of thiophene rings is 1. The fourth-order valence-electron chi connectivity index (χ4n) is 2.81. The maximum absolute atomic E-state index is 12.7. The van der Waals surface area contributed by atoms with E-state index in [9.17, 15) is 9.59 Å². The molecular weight excluding hydrogens is 336 g/mol. The quantitative estimate of drug-likeness (QED) is 0.743. The predicted molar refractivity (Wildman–Crippen MR) is 104 cm³/mol. The van der Waals surface area contributed by atoms with Crippen molar-refractivity contribution in [1.29, 1.82) is 0 Å². The second kappa shape index (κ2) is 9.10. The maximum Gasteiger partial charge on any atom is 0.262 e. The van der Waals surface area contributed by atoms with Crippen LogP contribution in [-0.4, -0.2) is 46.5 Å². The molecule has 2 rings (SSSR count). The molecule has 0 spiro atoms. The van der Waals surface area contributed by atoms with Gasteiger partial charge in [0, 0.05) is 19.6 Å². The molecule has 0 saturated heterocycles. The lowest BCUT2D eigenvalue weighted by atomic mass is 10.2. The minimum atomic E-state index is -0.118. The first-order chi connectivity index (χ1) is 12.0. The molecule has 0 unspecified atom stereocenters. The Hall–Kier alpha value is -1.73. The van der Waals surface area contributed by atoms with Crippen molar-refractivity contribution >= 4 is 27.5 Å². The van der Waals surface area contributed by atoms with E-state index in [1.807, 2.05) is 6.92 Å². The molecule has 6 nitrogen and oxygen atoms in total. The number of hydrogen-bond donors (Lipinski definition) is 1. The summed E-state index contributed by atoms with van der Waals surface area (Å²) in [5, 5.41) is 3.54. The lowest BCUT2D eigenvalue weighted by molar-refractivity contribution is 0.0952. The molecule has 0 aromatic carbocycles. The van der Waals surface area contributed by atoms with Crippen LogP contribution in [-0.2, 0) is 6.54 Å². The molecule has 0 radical (unpaired) electrons. The van der Waals surface area contributed by atoms with Crippen LogP contribution >= 0.6 is 11.3 Å². The highest BCUT2D eigenvalue weighted by Crippen LogP contribution is 2.26. The number of hydrogen-bond acceptors (Lipinski definition) is 5. The normalized spacial score (nSPS) is 11.4. The number of amides is 1. The van der Waals surface area contributed by atoms with Gasteiger partial charge >= 0.3 is 0 Å². The second-order valence-electron chi connectivity index (χ2n) is 6.12. The summed E-state index contributed by atoms with van der Waals surface area (Å²) in [5.41, 5.74) is 0.693. The van der Waals surface area contributed by atoms with E-state index in [-0.39, 0.29) is 11.5 Å². The molecule has 2 aromatic heterocycles. The summed E-state index contributed by atoms with van der Waals surface area (Å²) in [6.45, 7) is 12.2. The minimum Gasteiger partial charge on any atom is -0.350 e. The molecule has 0 aliphatic rings. The van der Waals surface area contributed by atoms with Crippen LogP contribution in [0.3, 0.4) is 0 Å². The molecule has 0 saturated carbocycles. The Morgan fingerprint density at radius 1 is 1.32 bits per heavy atom. The molecule has 0 aliphatic heterocycles. The topological polar surface area (TPSA) is 67.2 Å². The Kier molecular flexibility index (Phi) is 7.13. The van der Waals surface area contributed by atoms with E-state index in [1.54, 1.807) is 10.9 Å². The van der Waals surface area contributed by atoms with Gasteiger partial charge in [0.25, 0.3) is 11.5 Å². The van der Waals surface area contributed by atoms with Gasteiger partial charge in [0.05, 0.1) is 16.6 Å². The van der Waals surface area contributed by atoms with Crippen molar-refractivity contribution in [2.24, 2.45) is 0 Å². The Labute approximate surface area is 152 Å². The third-order valence-corrected chi connectivity index (χ3v) is 5.68. The highest BCUT2D eigenvalue weighted by molar-refractivity contribution is 7.20. The number of aromatic nitrogens is 2. The summed E-state index contributed by atoms with van der Waals surface area (Å²) < 4.78 is 1.65. The molecule has 0 bridgehead atoms. The largest absolute Gasteiger partial charge is 0.350 e. The van der Waals surface area contributed by atoms with Gasteiger partial charge in [0.15, 0.2) is 0 Å². The van der Waals surface area contributed by atoms with Gasteiger partial charge in [-0.1, -0.05) is 27.2 Å². The first kappa shape index (κ1) is 19.6. The number of carbonyl (C=O) groups is 1. The van der Waals surface area contributed by atoms with Crippen molar-refractivity contribution in [2.75, 3.05) is 26.2 Å². The Bertz CT molecular complexity index is 777. The van der Waals surface area contributed by atoms with Gasteiger partial charge in [-0.15, -0.1) is 11.3 Å². The number of rotatable bonds is 9. The number of unbranched alkanes of at least 4 members (excludes halogenated alkanes) is 1. The smallest absolute Gasteiger partial charge is 0.262 e. The fraction of sp³-hybridized carbons (Fsp3) is 0.611. The SMILES string of the molecule is CCCCn1cnc2sc(C(=O)NCCN(CC)CC)c(C)c2c1=O. The Morgan fingerprint density at radius 3 is 2.68 bits per heavy atom. The molecule has 138 valence electrons. The second-order valence-corrected chi connectivity index (χ2v) is 7.11. The van der Waals surface area contributed by atoms with Crippen LogP contribution in [0.2, 0.25) is 0 Å². The molecule has 1 amide bonds. The number of carbonyl (C=O) groups excluding carboxylic acids is 1. The van der Waals surface area contributed by atoms with E-state index < -0.39 is 0 Å². The lowest BCUT2D eigenvalue weighted by Crippen LogP contribution is -2.34. The monoisotopic (exact) mass is 364 g/mol. The van der Waals surface area contributed by atoms with Crippen molar-refractivity contribution in [3.63, 3.8) is 0 Å². The molecule has 25 heavy (non-hydrogen) atoms. The molecule has 1 N–H and O–H groups in total. The van der Waals surface area contributed by atoms with Crippen molar-refractivity contribution < 1.29 is 4.79 Å². The van der Waals surface area contributed by atoms with E-state index in [4.69, 9.17) is 0 Å². The summed E-state index contributed by atoms with van der Waals surface area (Å²) in [4.78, 5) is 33.0. The third-order valence-electron chi connectivity index (χ3n) is 4.48. The average molecular weight is 365 g/mol. The zero-order valence-corrected chi connectivity index (χ0v) is 16.4. The van der Waals surface area contributed by atoms with Gasteiger partial charge in [-0.25, -0.2) is 4.98 Å². The minimum absolute atomic E-state index is 0.0469. The van der Waals surface area contributed by atoms with Crippen LogP contribution in [0.25, 0.3) is 10.2 Å². The highest BCUT2D eigenvalue weighted by Gasteiger charge is 2.19. The summed E-state index contributed by atoms with van der Waals surface area (Å²) in [6, 6.07) is 0. The van der Waals surface area contributed by atoms with E-state index in [2.05, 4.69) is 36.0 Å². The van der Waals surface area contributed by atoms with Crippen LogP contribution in [0, 0.1) is 6.92 Å². The van der Waals surface area contributed by atoms with Crippen LogP contribution in [0.5, 0.6) is 0 Å². The zero-order valence-electron chi connectivity index (χ0n) is 15.6. The first-order valence-corrected chi connectivity index (χ1v) is 9.84. The molecule has 0 fully saturated rings. The van der Waals surface area contributed by atoms with Gasteiger partial charge in [-0.05, 0) is 32.0 Å². The maximum atomic E-state index is 12.7. The fourth-order valence-corrected chi connectivity index (χ4v) is 3.87. The van der Waals surface area contributed by atoms with Crippen LogP contribution in [0.15, 0.2) is 11.1 Å².